The molecule has 3 aromatic rings. The molecule has 0 aromatic carbocycles. The van der Waals surface area contributed by atoms with Gasteiger partial charge in [0.1, 0.15) is 5.82 Å². The van der Waals surface area contributed by atoms with Gasteiger partial charge in [0.25, 0.3) is 0 Å². The number of nitrogens with zero attached hydrogens (tertiary/aromatic N) is 4. The maximum Gasteiger partial charge on any atom is 0.157 e. The molecule has 1 fully saturated rings. The largest absolute Gasteiger partial charge is 0.352 e. The molecule has 0 spiro atoms. The van der Waals surface area contributed by atoms with Crippen molar-refractivity contribution in [3.05, 3.63) is 24.7 Å². The summed E-state index contributed by atoms with van der Waals surface area (Å²) in [6.45, 7) is 3.10. The molecule has 1 aliphatic heterocycles. The molecule has 6 heteroatoms. The van der Waals surface area contributed by atoms with E-state index in [1.54, 1.807) is 6.20 Å². The summed E-state index contributed by atoms with van der Waals surface area (Å²) >= 11 is 0. The van der Waals surface area contributed by atoms with Crippen molar-refractivity contribution in [1.29, 1.82) is 0 Å². The molecule has 20 heavy (non-hydrogen) atoms. The van der Waals surface area contributed by atoms with Gasteiger partial charge in [0.05, 0.1) is 17.9 Å². The zero-order valence-electron chi connectivity index (χ0n) is 11.5. The van der Waals surface area contributed by atoms with E-state index in [2.05, 4.69) is 31.2 Å². The predicted molar refractivity (Wildman–Crippen MR) is 78.9 cm³/mol. The van der Waals surface area contributed by atoms with Gasteiger partial charge in [-0.3, -0.25) is 4.40 Å². The Morgan fingerprint density at radius 2 is 2.30 bits per heavy atom. The second-order valence-electron chi connectivity index (χ2n) is 5.49. The van der Waals surface area contributed by atoms with Crippen molar-refractivity contribution in [2.45, 2.75) is 31.8 Å². The van der Waals surface area contributed by atoms with Gasteiger partial charge in [-0.05, 0) is 18.9 Å². The average Bonchev–Trinajstić information content (AvgIpc) is 3.13. The molecule has 4 rings (SSSR count). The highest BCUT2D eigenvalue weighted by molar-refractivity contribution is 5.77. The topological polar surface area (TPSA) is 75.2 Å². The Morgan fingerprint density at radius 3 is 3.15 bits per heavy atom. The van der Waals surface area contributed by atoms with Crippen molar-refractivity contribution in [3.63, 3.8) is 0 Å². The molecular weight excluding hydrogens is 252 g/mol. The van der Waals surface area contributed by atoms with E-state index in [1.807, 2.05) is 18.5 Å². The lowest BCUT2D eigenvalue weighted by Gasteiger charge is -2.24. The lowest BCUT2D eigenvalue weighted by Crippen LogP contribution is -2.31. The van der Waals surface area contributed by atoms with E-state index >= 15 is 0 Å². The Kier molecular flexibility index (Phi) is 2.47. The Bertz CT molecular complexity index is 757. The van der Waals surface area contributed by atoms with Gasteiger partial charge in [-0.25, -0.2) is 9.97 Å². The fourth-order valence-electron chi connectivity index (χ4n) is 3.28. The number of nitrogens with one attached hydrogen (secondary N) is 1. The van der Waals surface area contributed by atoms with Crippen LogP contribution in [0, 0.1) is 0 Å². The van der Waals surface area contributed by atoms with Crippen LogP contribution in [0.5, 0.6) is 0 Å². The molecule has 6 nitrogen and oxygen atoms in total. The predicted octanol–water partition coefficient (Wildman–Crippen LogP) is 1.53. The molecule has 0 aliphatic carbocycles. The number of hydrogen-bond donors (Lipinski definition) is 2. The third-order valence-corrected chi connectivity index (χ3v) is 4.24. The number of aromatic amines is 1. The van der Waals surface area contributed by atoms with Gasteiger partial charge in [0.2, 0.25) is 0 Å². The molecule has 3 N–H and O–H groups in total. The molecule has 2 atom stereocenters. The molecule has 1 aliphatic rings. The highest BCUT2D eigenvalue weighted by atomic mass is 15.3. The van der Waals surface area contributed by atoms with Crippen LogP contribution in [0.15, 0.2) is 24.7 Å². The van der Waals surface area contributed by atoms with Crippen molar-refractivity contribution in [3.8, 4) is 0 Å². The second kappa shape index (κ2) is 4.21. The normalized spacial score (nSPS) is 23.2. The van der Waals surface area contributed by atoms with Crippen LogP contribution in [-0.4, -0.2) is 38.0 Å². The highest BCUT2D eigenvalue weighted by Gasteiger charge is 2.30. The number of fused-ring (bicyclic) bond motifs is 3. The molecule has 4 heterocycles. The minimum Gasteiger partial charge on any atom is -0.352 e. The van der Waals surface area contributed by atoms with E-state index in [0.29, 0.717) is 6.04 Å². The summed E-state index contributed by atoms with van der Waals surface area (Å²) in [5, 5.41) is 0. The van der Waals surface area contributed by atoms with E-state index in [1.165, 1.54) is 0 Å². The fourth-order valence-corrected chi connectivity index (χ4v) is 3.28. The summed E-state index contributed by atoms with van der Waals surface area (Å²) in [6, 6.07) is 2.78. The summed E-state index contributed by atoms with van der Waals surface area (Å²) in [5.74, 6) is 1.12. The third kappa shape index (κ3) is 1.54. The first-order valence-corrected chi connectivity index (χ1v) is 7.09. The van der Waals surface area contributed by atoms with Crippen LogP contribution in [-0.2, 0) is 0 Å². The lowest BCUT2D eigenvalue weighted by atomic mass is 10.1. The standard InChI is InChI=1S/C14H18N6/c1-2-10-5-9(15)8-19(10)13-7-17-12-6-18-14-11(20(12)13)3-4-16-14/h3-4,6-7,9-10,16H,2,5,8,15H2,1H3/t9-,10?/m0/s1. The van der Waals surface area contributed by atoms with Gasteiger partial charge < -0.3 is 15.6 Å². The number of rotatable bonds is 2. The van der Waals surface area contributed by atoms with Crippen LogP contribution in [0.3, 0.4) is 0 Å². The molecule has 0 bridgehead atoms. The van der Waals surface area contributed by atoms with Crippen LogP contribution in [0.1, 0.15) is 19.8 Å². The first-order chi connectivity index (χ1) is 9.78. The van der Waals surface area contributed by atoms with Crippen molar-refractivity contribution >= 4 is 22.6 Å². The van der Waals surface area contributed by atoms with Gasteiger partial charge in [-0.15, -0.1) is 0 Å². The molecule has 0 saturated carbocycles. The van der Waals surface area contributed by atoms with Crippen LogP contribution < -0.4 is 10.6 Å². The van der Waals surface area contributed by atoms with E-state index in [4.69, 9.17) is 5.73 Å². The van der Waals surface area contributed by atoms with E-state index in [-0.39, 0.29) is 6.04 Å². The van der Waals surface area contributed by atoms with Gasteiger partial charge in [0.15, 0.2) is 11.3 Å². The van der Waals surface area contributed by atoms with Gasteiger partial charge in [-0.2, -0.15) is 0 Å². The maximum absolute atomic E-state index is 6.14. The SMILES string of the molecule is CCC1C[C@H](N)CN1c1cnc2cnc3[nH]ccc3n12. The summed E-state index contributed by atoms with van der Waals surface area (Å²) in [7, 11) is 0. The number of nitrogens with two attached hydrogens (primary N) is 1. The van der Waals surface area contributed by atoms with Crippen molar-refractivity contribution in [2.24, 2.45) is 5.73 Å². The first-order valence-electron chi connectivity index (χ1n) is 7.09. The summed E-state index contributed by atoms with van der Waals surface area (Å²) in [4.78, 5) is 14.4. The minimum atomic E-state index is 0.244. The van der Waals surface area contributed by atoms with Crippen LogP contribution in [0.4, 0.5) is 5.82 Å². The number of H-pyrrole nitrogens is 1. The van der Waals surface area contributed by atoms with E-state index in [9.17, 15) is 0 Å². The van der Waals surface area contributed by atoms with Crippen molar-refractivity contribution < 1.29 is 0 Å². The van der Waals surface area contributed by atoms with Crippen molar-refractivity contribution in [2.75, 3.05) is 11.4 Å². The van der Waals surface area contributed by atoms with Crippen LogP contribution in [0.25, 0.3) is 16.8 Å². The third-order valence-electron chi connectivity index (χ3n) is 4.24. The number of anilines is 1. The van der Waals surface area contributed by atoms with Gasteiger partial charge in [0, 0.05) is 24.8 Å². The summed E-state index contributed by atoms with van der Waals surface area (Å²) in [5.41, 5.74) is 8.96. The first kappa shape index (κ1) is 11.7. The average molecular weight is 270 g/mol. The number of aromatic nitrogens is 4. The van der Waals surface area contributed by atoms with Gasteiger partial charge >= 0.3 is 0 Å². The molecule has 104 valence electrons. The highest BCUT2D eigenvalue weighted by Crippen LogP contribution is 2.29. The fraction of sp³-hybridized carbons (Fsp3) is 0.429. The molecule has 1 unspecified atom stereocenters. The Hall–Kier alpha value is -2.08. The maximum atomic E-state index is 6.14. The van der Waals surface area contributed by atoms with E-state index in [0.717, 1.165) is 42.0 Å². The number of imidazole rings is 1. The van der Waals surface area contributed by atoms with Crippen LogP contribution in [0.2, 0.25) is 0 Å². The molecule has 1 saturated heterocycles. The smallest absolute Gasteiger partial charge is 0.157 e. The molecule has 0 radical (unpaired) electrons. The van der Waals surface area contributed by atoms with Crippen molar-refractivity contribution in [1.82, 2.24) is 19.4 Å². The van der Waals surface area contributed by atoms with Crippen LogP contribution >= 0.6 is 0 Å². The Balaban J connectivity index is 1.93. The monoisotopic (exact) mass is 270 g/mol. The molecular formula is C14H18N6. The Morgan fingerprint density at radius 1 is 1.40 bits per heavy atom. The Labute approximate surface area is 116 Å². The summed E-state index contributed by atoms with van der Waals surface area (Å²) in [6.07, 6.45) is 7.80. The second-order valence-corrected chi connectivity index (χ2v) is 5.49. The molecule has 0 amide bonds. The minimum absolute atomic E-state index is 0.244. The molecule has 3 aromatic heterocycles. The summed E-state index contributed by atoms with van der Waals surface area (Å²) < 4.78 is 2.17. The quantitative estimate of drug-likeness (QED) is 0.740. The zero-order valence-corrected chi connectivity index (χ0v) is 11.5. The lowest BCUT2D eigenvalue weighted by molar-refractivity contribution is 0.621. The van der Waals surface area contributed by atoms with Gasteiger partial charge in [-0.1, -0.05) is 6.92 Å². The van der Waals surface area contributed by atoms with E-state index < -0.39 is 0 Å². The number of hydrogen-bond acceptors (Lipinski definition) is 4. The zero-order chi connectivity index (χ0) is 13.7.